The van der Waals surface area contributed by atoms with Crippen LogP contribution in [-0.4, -0.2) is 30.5 Å². The van der Waals surface area contributed by atoms with E-state index in [1.54, 1.807) is 12.1 Å². The van der Waals surface area contributed by atoms with Crippen molar-refractivity contribution in [3.8, 4) is 5.75 Å². The van der Waals surface area contributed by atoms with Crippen molar-refractivity contribution in [2.24, 2.45) is 5.73 Å². The summed E-state index contributed by atoms with van der Waals surface area (Å²) in [6.07, 6.45) is 2.60. The third-order valence-electron chi connectivity index (χ3n) is 4.69. The SMILES string of the molecule is CC(NC(=O)[C@@H](N)Cc1ccccc1)c1ccc(OCC(=O)NC2CC2)cc1. The number of hydrogen-bond donors (Lipinski definition) is 3. The summed E-state index contributed by atoms with van der Waals surface area (Å²) in [6, 6.07) is 16.6. The topological polar surface area (TPSA) is 93.5 Å². The molecule has 28 heavy (non-hydrogen) atoms. The van der Waals surface area contributed by atoms with Crippen LogP contribution in [0, 0.1) is 0 Å². The number of carbonyl (C=O) groups is 2. The number of nitrogens with one attached hydrogen (secondary N) is 2. The first-order valence-electron chi connectivity index (χ1n) is 9.63. The van der Waals surface area contributed by atoms with Gasteiger partial charge in [-0.05, 0) is 49.4 Å². The van der Waals surface area contributed by atoms with E-state index in [4.69, 9.17) is 10.5 Å². The first kappa shape index (κ1) is 19.9. The molecule has 1 aliphatic carbocycles. The highest BCUT2D eigenvalue weighted by Crippen LogP contribution is 2.19. The number of hydrogen-bond acceptors (Lipinski definition) is 4. The summed E-state index contributed by atoms with van der Waals surface area (Å²) >= 11 is 0. The Morgan fingerprint density at radius 2 is 1.79 bits per heavy atom. The van der Waals surface area contributed by atoms with Crippen LogP contribution in [0.1, 0.15) is 36.9 Å². The predicted octanol–water partition coefficient (Wildman–Crippen LogP) is 2.09. The van der Waals surface area contributed by atoms with E-state index in [0.29, 0.717) is 18.2 Å². The summed E-state index contributed by atoms with van der Waals surface area (Å²) in [6.45, 7) is 1.92. The van der Waals surface area contributed by atoms with E-state index in [1.807, 2.05) is 49.4 Å². The first-order chi connectivity index (χ1) is 13.5. The van der Waals surface area contributed by atoms with Gasteiger partial charge in [-0.2, -0.15) is 0 Å². The zero-order valence-corrected chi connectivity index (χ0v) is 16.1. The molecule has 1 fully saturated rings. The standard InChI is InChI=1S/C22H27N3O3/c1-15(24-22(27)20(23)13-16-5-3-2-4-6-16)17-7-11-19(12-8-17)28-14-21(26)25-18-9-10-18/h2-8,11-12,15,18,20H,9-10,13-14,23H2,1H3,(H,24,27)(H,25,26)/t15?,20-/m0/s1. The third kappa shape index (κ3) is 6.09. The number of benzene rings is 2. The molecule has 0 heterocycles. The predicted molar refractivity (Wildman–Crippen MR) is 108 cm³/mol. The second kappa shape index (κ2) is 9.37. The van der Waals surface area contributed by atoms with Crippen molar-refractivity contribution in [3.63, 3.8) is 0 Å². The summed E-state index contributed by atoms with van der Waals surface area (Å²) in [7, 11) is 0. The van der Waals surface area contributed by atoms with E-state index in [2.05, 4.69) is 10.6 Å². The Hall–Kier alpha value is -2.86. The van der Waals surface area contributed by atoms with Crippen LogP contribution in [0.25, 0.3) is 0 Å². The van der Waals surface area contributed by atoms with Gasteiger partial charge >= 0.3 is 0 Å². The summed E-state index contributed by atoms with van der Waals surface area (Å²) in [4.78, 5) is 24.0. The molecular formula is C22H27N3O3. The minimum Gasteiger partial charge on any atom is -0.484 e. The van der Waals surface area contributed by atoms with Gasteiger partial charge < -0.3 is 21.1 Å². The highest BCUT2D eigenvalue weighted by atomic mass is 16.5. The molecule has 0 aliphatic heterocycles. The van der Waals surface area contributed by atoms with Crippen LogP contribution >= 0.6 is 0 Å². The highest BCUT2D eigenvalue weighted by Gasteiger charge is 2.23. The van der Waals surface area contributed by atoms with Crippen molar-refractivity contribution in [2.45, 2.75) is 44.3 Å². The van der Waals surface area contributed by atoms with E-state index >= 15 is 0 Å². The molecule has 6 heteroatoms. The monoisotopic (exact) mass is 381 g/mol. The molecule has 148 valence electrons. The van der Waals surface area contributed by atoms with Gasteiger partial charge in [-0.25, -0.2) is 0 Å². The van der Waals surface area contributed by atoms with Gasteiger partial charge in [0.15, 0.2) is 6.61 Å². The van der Waals surface area contributed by atoms with Gasteiger partial charge in [-0.1, -0.05) is 42.5 Å². The van der Waals surface area contributed by atoms with E-state index in [-0.39, 0.29) is 24.5 Å². The molecule has 1 saturated carbocycles. The second-order valence-corrected chi connectivity index (χ2v) is 7.23. The Bertz CT molecular complexity index is 788. The number of carbonyl (C=O) groups excluding carboxylic acids is 2. The molecule has 3 rings (SSSR count). The van der Waals surface area contributed by atoms with Crippen molar-refractivity contribution >= 4 is 11.8 Å². The molecular weight excluding hydrogens is 354 g/mol. The van der Waals surface area contributed by atoms with Gasteiger partial charge in [0.2, 0.25) is 5.91 Å². The van der Waals surface area contributed by atoms with E-state index in [9.17, 15) is 9.59 Å². The minimum atomic E-state index is -0.600. The molecule has 2 aromatic rings. The summed E-state index contributed by atoms with van der Waals surface area (Å²) < 4.78 is 5.50. The molecule has 0 saturated heterocycles. The average Bonchev–Trinajstić information content (AvgIpc) is 3.51. The molecule has 4 N–H and O–H groups in total. The molecule has 2 atom stereocenters. The molecule has 6 nitrogen and oxygen atoms in total. The van der Waals surface area contributed by atoms with Crippen LogP contribution in [0.15, 0.2) is 54.6 Å². The average molecular weight is 381 g/mol. The molecule has 0 spiro atoms. The quantitative estimate of drug-likeness (QED) is 0.620. The smallest absolute Gasteiger partial charge is 0.258 e. The van der Waals surface area contributed by atoms with E-state index < -0.39 is 6.04 Å². The van der Waals surface area contributed by atoms with Crippen LogP contribution in [0.3, 0.4) is 0 Å². The lowest BCUT2D eigenvalue weighted by Crippen LogP contribution is -2.42. The summed E-state index contributed by atoms with van der Waals surface area (Å²) in [5.41, 5.74) is 8.01. The normalized spacial score (nSPS) is 15.4. The van der Waals surface area contributed by atoms with Gasteiger partial charge in [0.25, 0.3) is 5.91 Å². The zero-order valence-electron chi connectivity index (χ0n) is 16.1. The fourth-order valence-corrected chi connectivity index (χ4v) is 2.86. The molecule has 0 aromatic heterocycles. The summed E-state index contributed by atoms with van der Waals surface area (Å²) in [5, 5.41) is 5.83. The van der Waals surface area contributed by atoms with Crippen LogP contribution in [0.4, 0.5) is 0 Å². The Balaban J connectivity index is 1.46. The van der Waals surface area contributed by atoms with Gasteiger partial charge in [-0.3, -0.25) is 9.59 Å². The molecule has 1 unspecified atom stereocenters. The maximum Gasteiger partial charge on any atom is 0.258 e. The van der Waals surface area contributed by atoms with Gasteiger partial charge in [-0.15, -0.1) is 0 Å². The maximum atomic E-state index is 12.4. The Kier molecular flexibility index (Phi) is 6.66. The first-order valence-corrected chi connectivity index (χ1v) is 9.63. The zero-order chi connectivity index (χ0) is 19.9. The van der Waals surface area contributed by atoms with Gasteiger partial charge in [0, 0.05) is 6.04 Å². The van der Waals surface area contributed by atoms with Crippen LogP contribution in [0.5, 0.6) is 5.75 Å². The number of ether oxygens (including phenoxy) is 1. The van der Waals surface area contributed by atoms with Crippen LogP contribution in [0.2, 0.25) is 0 Å². The number of nitrogens with two attached hydrogens (primary N) is 1. The summed E-state index contributed by atoms with van der Waals surface area (Å²) in [5.74, 6) is 0.335. The fraction of sp³-hybridized carbons (Fsp3) is 0.364. The molecule has 2 aromatic carbocycles. The van der Waals surface area contributed by atoms with E-state index in [1.165, 1.54) is 0 Å². The lowest BCUT2D eigenvalue weighted by Gasteiger charge is -2.18. The van der Waals surface area contributed by atoms with E-state index in [0.717, 1.165) is 24.0 Å². The second-order valence-electron chi connectivity index (χ2n) is 7.23. The van der Waals surface area contributed by atoms with Crippen molar-refractivity contribution in [1.82, 2.24) is 10.6 Å². The molecule has 0 bridgehead atoms. The van der Waals surface area contributed by atoms with Crippen LogP contribution in [-0.2, 0) is 16.0 Å². The number of rotatable bonds is 9. The number of amides is 2. The highest BCUT2D eigenvalue weighted by molar-refractivity contribution is 5.82. The Morgan fingerprint density at radius 1 is 1.11 bits per heavy atom. The van der Waals surface area contributed by atoms with Gasteiger partial charge in [0.05, 0.1) is 12.1 Å². The van der Waals surface area contributed by atoms with Crippen molar-refractivity contribution in [1.29, 1.82) is 0 Å². The minimum absolute atomic E-state index is 0.0104. The van der Waals surface area contributed by atoms with Crippen LogP contribution < -0.4 is 21.1 Å². The lowest BCUT2D eigenvalue weighted by atomic mass is 10.0. The lowest BCUT2D eigenvalue weighted by molar-refractivity contribution is -0.123. The Morgan fingerprint density at radius 3 is 2.43 bits per heavy atom. The van der Waals surface area contributed by atoms with Crippen molar-refractivity contribution in [2.75, 3.05) is 6.61 Å². The maximum absolute atomic E-state index is 12.4. The molecule has 0 radical (unpaired) electrons. The Labute approximate surface area is 165 Å². The fourth-order valence-electron chi connectivity index (χ4n) is 2.86. The van der Waals surface area contributed by atoms with Gasteiger partial charge in [0.1, 0.15) is 5.75 Å². The van der Waals surface area contributed by atoms with Crippen molar-refractivity contribution < 1.29 is 14.3 Å². The van der Waals surface area contributed by atoms with Crippen molar-refractivity contribution in [3.05, 3.63) is 65.7 Å². The third-order valence-corrected chi connectivity index (χ3v) is 4.69. The molecule has 2 amide bonds. The largest absolute Gasteiger partial charge is 0.484 e. The molecule has 1 aliphatic rings.